The van der Waals surface area contributed by atoms with E-state index in [-0.39, 0.29) is 29.2 Å². The first-order chi connectivity index (χ1) is 16.6. The fourth-order valence-electron chi connectivity index (χ4n) is 3.12. The summed E-state index contributed by atoms with van der Waals surface area (Å²) in [5.41, 5.74) is -1.10. The Labute approximate surface area is 196 Å². The third-order valence-electron chi connectivity index (χ3n) is 4.72. The van der Waals surface area contributed by atoms with Crippen molar-refractivity contribution in [2.75, 3.05) is 19.8 Å². The van der Waals surface area contributed by atoms with E-state index in [1.54, 1.807) is 13.0 Å². The minimum atomic E-state index is -4.55. The molecule has 3 amide bonds. The highest BCUT2D eigenvalue weighted by molar-refractivity contribution is 5.96. The summed E-state index contributed by atoms with van der Waals surface area (Å²) in [6.45, 7) is 0.488. The molecule has 1 aliphatic rings. The molecule has 2 heterocycles. The van der Waals surface area contributed by atoms with Crippen molar-refractivity contribution in [1.82, 2.24) is 16.0 Å². The summed E-state index contributed by atoms with van der Waals surface area (Å²) in [5.74, 6) is -2.25. The maximum absolute atomic E-state index is 12.6. The van der Waals surface area contributed by atoms with Gasteiger partial charge in [0.25, 0.3) is 5.91 Å². The van der Waals surface area contributed by atoms with Gasteiger partial charge in [-0.3, -0.25) is 9.59 Å². The Morgan fingerprint density at radius 2 is 1.83 bits per heavy atom. The van der Waals surface area contributed by atoms with Crippen LogP contribution in [-0.4, -0.2) is 43.6 Å². The van der Waals surface area contributed by atoms with Gasteiger partial charge in [0.1, 0.15) is 25.0 Å². The lowest BCUT2D eigenvalue weighted by molar-refractivity contribution is -0.142. The second-order valence-electron chi connectivity index (χ2n) is 7.08. The van der Waals surface area contributed by atoms with Crippen molar-refractivity contribution in [1.29, 1.82) is 0 Å². The summed E-state index contributed by atoms with van der Waals surface area (Å²) in [5, 5.41) is 7.14. The van der Waals surface area contributed by atoms with Crippen LogP contribution in [-0.2, 0) is 25.2 Å². The predicted molar refractivity (Wildman–Crippen MR) is 112 cm³/mol. The minimum Gasteiger partial charge on any atom is -0.467 e. The van der Waals surface area contributed by atoms with Gasteiger partial charge in [-0.25, -0.2) is 9.59 Å². The number of furan rings is 1. The zero-order chi connectivity index (χ0) is 25.6. The number of carbonyl (C=O) groups excluding carboxylic acids is 4. The average molecular weight is 495 g/mol. The number of ether oxygens (including phenoxy) is 2. The molecule has 186 valence electrons. The van der Waals surface area contributed by atoms with E-state index in [9.17, 15) is 32.3 Å². The Morgan fingerprint density at radius 1 is 1.11 bits per heavy atom. The number of carbonyl (C=O) groups is 4. The zero-order valence-corrected chi connectivity index (χ0v) is 18.2. The monoisotopic (exact) mass is 495 g/mol. The first-order valence-electron chi connectivity index (χ1n) is 10.2. The molecule has 0 aliphatic carbocycles. The number of amides is 3. The number of urea groups is 1. The molecule has 3 N–H and O–H groups in total. The summed E-state index contributed by atoms with van der Waals surface area (Å²) in [6.07, 6.45) is -3.19. The molecule has 1 aliphatic heterocycles. The molecule has 0 fully saturated rings. The molecule has 3 rings (SSSR count). The molecule has 0 saturated carbocycles. The van der Waals surface area contributed by atoms with Gasteiger partial charge in [0.15, 0.2) is 0 Å². The van der Waals surface area contributed by atoms with Gasteiger partial charge < -0.3 is 29.8 Å². The van der Waals surface area contributed by atoms with Gasteiger partial charge in [-0.2, -0.15) is 13.2 Å². The minimum absolute atomic E-state index is 0.0389. The maximum Gasteiger partial charge on any atom is 0.416 e. The number of hydrogen-bond acceptors (Lipinski definition) is 7. The summed E-state index contributed by atoms with van der Waals surface area (Å²) in [7, 11) is 0. The molecule has 35 heavy (non-hydrogen) atoms. The standard InChI is InChI=1S/C22H20F3N3O7/c1-2-33-20(31)17-14(27-21(32)28-18(17)15-4-3-9-34-15)11-35-16(29)10-26-19(30)12-5-7-13(8-6-12)22(23,24)25/h3-9,18H,2,10-11H2,1H3,(H,26,30)(H2,27,28,32). The third-order valence-corrected chi connectivity index (χ3v) is 4.72. The fraction of sp³-hybridized carbons (Fsp3) is 0.273. The first-order valence-corrected chi connectivity index (χ1v) is 10.2. The number of benzene rings is 1. The number of esters is 2. The molecule has 10 nitrogen and oxygen atoms in total. The molecule has 0 bridgehead atoms. The van der Waals surface area contributed by atoms with E-state index in [0.717, 1.165) is 24.3 Å². The predicted octanol–water partition coefficient (Wildman–Crippen LogP) is 2.44. The van der Waals surface area contributed by atoms with Crippen molar-refractivity contribution < 1.29 is 46.2 Å². The van der Waals surface area contributed by atoms with Gasteiger partial charge in [-0.15, -0.1) is 0 Å². The van der Waals surface area contributed by atoms with Crippen LogP contribution in [0.1, 0.15) is 34.6 Å². The number of rotatable bonds is 8. The van der Waals surface area contributed by atoms with E-state index in [0.29, 0.717) is 0 Å². The highest BCUT2D eigenvalue weighted by Gasteiger charge is 2.36. The zero-order valence-electron chi connectivity index (χ0n) is 18.2. The molecule has 1 unspecified atom stereocenters. The largest absolute Gasteiger partial charge is 0.467 e. The summed E-state index contributed by atoms with van der Waals surface area (Å²) >= 11 is 0. The van der Waals surface area contributed by atoms with Crippen LogP contribution in [0.4, 0.5) is 18.0 Å². The van der Waals surface area contributed by atoms with E-state index in [1.807, 2.05) is 0 Å². The number of halogens is 3. The second kappa shape index (κ2) is 10.8. The molecule has 0 saturated heterocycles. The molecule has 0 spiro atoms. The molecular weight excluding hydrogens is 475 g/mol. The van der Waals surface area contributed by atoms with Crippen molar-refractivity contribution >= 4 is 23.9 Å². The van der Waals surface area contributed by atoms with E-state index in [2.05, 4.69) is 16.0 Å². The SMILES string of the molecule is CCOC(=O)C1=C(COC(=O)CNC(=O)c2ccc(C(F)(F)F)cc2)NC(=O)NC1c1ccco1. The Balaban J connectivity index is 1.65. The molecule has 2 aromatic rings. The lowest BCUT2D eigenvalue weighted by Gasteiger charge is -2.27. The Kier molecular flexibility index (Phi) is 7.79. The van der Waals surface area contributed by atoms with Gasteiger partial charge in [0.05, 0.1) is 29.7 Å². The van der Waals surface area contributed by atoms with Crippen LogP contribution in [0.15, 0.2) is 58.3 Å². The van der Waals surface area contributed by atoms with Crippen molar-refractivity contribution in [3.63, 3.8) is 0 Å². The third kappa shape index (κ3) is 6.40. The van der Waals surface area contributed by atoms with Crippen molar-refractivity contribution in [3.05, 3.63) is 70.8 Å². The van der Waals surface area contributed by atoms with Gasteiger partial charge in [0.2, 0.25) is 0 Å². The van der Waals surface area contributed by atoms with Gasteiger partial charge in [-0.05, 0) is 43.3 Å². The maximum atomic E-state index is 12.6. The van der Waals surface area contributed by atoms with Crippen molar-refractivity contribution in [2.24, 2.45) is 0 Å². The van der Waals surface area contributed by atoms with E-state index in [1.165, 1.54) is 12.3 Å². The molecule has 1 atom stereocenters. The fourth-order valence-corrected chi connectivity index (χ4v) is 3.12. The second-order valence-corrected chi connectivity index (χ2v) is 7.08. The summed E-state index contributed by atoms with van der Waals surface area (Å²) in [6, 6.07) is 4.85. The van der Waals surface area contributed by atoms with Crippen LogP contribution in [0.5, 0.6) is 0 Å². The highest BCUT2D eigenvalue weighted by Crippen LogP contribution is 2.29. The van der Waals surface area contributed by atoms with Crippen molar-refractivity contribution in [3.8, 4) is 0 Å². The number of hydrogen-bond donors (Lipinski definition) is 3. The van der Waals surface area contributed by atoms with E-state index in [4.69, 9.17) is 13.9 Å². The van der Waals surface area contributed by atoms with Crippen LogP contribution >= 0.6 is 0 Å². The quantitative estimate of drug-likeness (QED) is 0.479. The van der Waals surface area contributed by atoms with Crippen LogP contribution in [0.3, 0.4) is 0 Å². The Hall–Kier alpha value is -4.29. The van der Waals surface area contributed by atoms with Crippen LogP contribution in [0.25, 0.3) is 0 Å². The van der Waals surface area contributed by atoms with E-state index < -0.39 is 54.8 Å². The Morgan fingerprint density at radius 3 is 2.43 bits per heavy atom. The molecular formula is C22H20F3N3O7. The Bertz CT molecular complexity index is 1130. The van der Waals surface area contributed by atoms with Crippen LogP contribution in [0, 0.1) is 0 Å². The lowest BCUT2D eigenvalue weighted by atomic mass is 10.0. The smallest absolute Gasteiger partial charge is 0.416 e. The highest BCUT2D eigenvalue weighted by atomic mass is 19.4. The van der Waals surface area contributed by atoms with Gasteiger partial charge in [0, 0.05) is 5.56 Å². The topological polar surface area (TPSA) is 136 Å². The summed E-state index contributed by atoms with van der Waals surface area (Å²) in [4.78, 5) is 48.9. The van der Waals surface area contributed by atoms with E-state index >= 15 is 0 Å². The van der Waals surface area contributed by atoms with Crippen LogP contribution < -0.4 is 16.0 Å². The van der Waals surface area contributed by atoms with Crippen LogP contribution in [0.2, 0.25) is 0 Å². The molecule has 1 aromatic carbocycles. The molecule has 13 heteroatoms. The molecule has 0 radical (unpaired) electrons. The number of alkyl halides is 3. The summed E-state index contributed by atoms with van der Waals surface area (Å²) < 4.78 is 53.3. The lowest BCUT2D eigenvalue weighted by Crippen LogP contribution is -2.47. The number of nitrogens with one attached hydrogen (secondary N) is 3. The average Bonchev–Trinajstić information content (AvgIpc) is 3.35. The first kappa shape index (κ1) is 25.3. The molecule has 1 aromatic heterocycles. The van der Waals surface area contributed by atoms with Crippen molar-refractivity contribution in [2.45, 2.75) is 19.1 Å². The van der Waals surface area contributed by atoms with Gasteiger partial charge in [-0.1, -0.05) is 0 Å². The normalized spacial score (nSPS) is 15.7. The van der Waals surface area contributed by atoms with Gasteiger partial charge >= 0.3 is 24.1 Å².